The monoisotopic (exact) mass is 376 g/mol. The number of nitrogens with zero attached hydrogens (tertiary/aromatic N) is 2. The van der Waals surface area contributed by atoms with Gasteiger partial charge in [-0.15, -0.1) is 0 Å². The van der Waals surface area contributed by atoms with Gasteiger partial charge in [0.15, 0.2) is 0 Å². The second kappa shape index (κ2) is 8.07. The second-order valence-corrected chi connectivity index (χ2v) is 8.30. The average Bonchev–Trinajstić information content (AvgIpc) is 3.06. The van der Waals surface area contributed by atoms with Crippen LogP contribution in [0.1, 0.15) is 44.4 Å². The fourth-order valence-corrected chi connectivity index (χ4v) is 4.14. The van der Waals surface area contributed by atoms with Crippen molar-refractivity contribution in [3.05, 3.63) is 29.3 Å². The third kappa shape index (κ3) is 4.38. The van der Waals surface area contributed by atoms with Gasteiger partial charge in [0.1, 0.15) is 11.4 Å². The van der Waals surface area contributed by atoms with Crippen molar-refractivity contribution in [1.29, 1.82) is 0 Å². The van der Waals surface area contributed by atoms with Crippen LogP contribution < -0.4 is 4.74 Å². The Morgan fingerprint density at radius 2 is 1.89 bits per heavy atom. The molecule has 2 saturated heterocycles. The maximum absolute atomic E-state index is 13.0. The predicted molar refractivity (Wildman–Crippen MR) is 104 cm³/mol. The maximum atomic E-state index is 13.0. The summed E-state index contributed by atoms with van der Waals surface area (Å²) in [5.41, 5.74) is 1.70. The van der Waals surface area contributed by atoms with Crippen molar-refractivity contribution in [3.63, 3.8) is 0 Å². The molecule has 2 heterocycles. The molecule has 0 unspecified atom stereocenters. The van der Waals surface area contributed by atoms with Crippen molar-refractivity contribution in [2.24, 2.45) is 0 Å². The smallest absolute Gasteiger partial charge is 0.410 e. The van der Waals surface area contributed by atoms with Crippen LogP contribution in [0, 0.1) is 6.92 Å². The first kappa shape index (κ1) is 20.0. The first-order chi connectivity index (χ1) is 12.8. The third-order valence-corrected chi connectivity index (χ3v) is 5.37. The van der Waals surface area contributed by atoms with E-state index in [-0.39, 0.29) is 18.2 Å². The number of benzene rings is 1. The molecule has 2 fully saturated rings. The van der Waals surface area contributed by atoms with E-state index in [2.05, 4.69) is 17.9 Å². The summed E-state index contributed by atoms with van der Waals surface area (Å²) >= 11 is 0. The van der Waals surface area contributed by atoms with Crippen molar-refractivity contribution in [2.75, 3.05) is 40.0 Å². The number of amides is 1. The van der Waals surface area contributed by atoms with Crippen molar-refractivity contribution < 1.29 is 19.0 Å². The topological polar surface area (TPSA) is 51.2 Å². The molecule has 0 bridgehead atoms. The third-order valence-electron chi connectivity index (χ3n) is 5.37. The van der Waals surface area contributed by atoms with E-state index in [0.717, 1.165) is 49.6 Å². The van der Waals surface area contributed by atoms with Crippen LogP contribution in [0.15, 0.2) is 18.2 Å². The van der Waals surface area contributed by atoms with Gasteiger partial charge in [-0.3, -0.25) is 9.80 Å². The largest absolute Gasteiger partial charge is 0.496 e. The van der Waals surface area contributed by atoms with E-state index in [0.29, 0.717) is 6.54 Å². The van der Waals surface area contributed by atoms with Gasteiger partial charge in [0.2, 0.25) is 0 Å². The Morgan fingerprint density at radius 1 is 1.19 bits per heavy atom. The second-order valence-electron chi connectivity index (χ2n) is 8.30. The van der Waals surface area contributed by atoms with Crippen molar-refractivity contribution >= 4 is 6.09 Å². The lowest BCUT2D eigenvalue weighted by molar-refractivity contribution is -0.00135. The van der Waals surface area contributed by atoms with Crippen LogP contribution in [0.25, 0.3) is 0 Å². The standard InChI is InChI=1S/C21H32N2O4/c1-15-16(7-6-8-18(15)25-5)19-17(22-11-13-26-14-12-22)9-10-23(19)20(24)27-21(2,3)4/h6-8,17,19H,9-14H2,1-5H3/t17-,19-/m0/s1. The van der Waals surface area contributed by atoms with E-state index in [1.807, 2.05) is 37.8 Å². The number of carbonyl (C=O) groups excluding carboxylic acids is 1. The number of morpholine rings is 1. The molecular weight excluding hydrogens is 344 g/mol. The first-order valence-electron chi connectivity index (χ1n) is 9.77. The van der Waals surface area contributed by atoms with Gasteiger partial charge in [-0.05, 0) is 51.3 Å². The number of rotatable bonds is 3. The molecular formula is C21H32N2O4. The van der Waals surface area contributed by atoms with E-state index >= 15 is 0 Å². The summed E-state index contributed by atoms with van der Waals surface area (Å²) in [6.45, 7) is 11.8. The van der Waals surface area contributed by atoms with Crippen molar-refractivity contribution in [1.82, 2.24) is 9.80 Å². The molecule has 2 aliphatic rings. The van der Waals surface area contributed by atoms with Crippen LogP contribution in [-0.2, 0) is 9.47 Å². The summed E-state index contributed by atoms with van der Waals surface area (Å²) < 4.78 is 16.8. The Labute approximate surface area is 162 Å². The van der Waals surface area contributed by atoms with Gasteiger partial charge >= 0.3 is 6.09 Å². The van der Waals surface area contributed by atoms with E-state index < -0.39 is 5.60 Å². The van der Waals surface area contributed by atoms with Crippen LogP contribution >= 0.6 is 0 Å². The van der Waals surface area contributed by atoms with Crippen LogP contribution in [0.3, 0.4) is 0 Å². The average molecular weight is 376 g/mol. The lowest BCUT2D eigenvalue weighted by atomic mass is 9.94. The summed E-state index contributed by atoms with van der Waals surface area (Å²) in [6.07, 6.45) is 0.686. The number of ether oxygens (including phenoxy) is 3. The van der Waals surface area contributed by atoms with Gasteiger partial charge in [-0.25, -0.2) is 4.79 Å². The van der Waals surface area contributed by atoms with Gasteiger partial charge < -0.3 is 14.2 Å². The molecule has 2 aliphatic heterocycles. The molecule has 6 heteroatoms. The molecule has 3 rings (SSSR count). The summed E-state index contributed by atoms with van der Waals surface area (Å²) in [5, 5.41) is 0. The number of carbonyl (C=O) groups is 1. The highest BCUT2D eigenvalue weighted by Gasteiger charge is 2.43. The zero-order chi connectivity index (χ0) is 19.6. The molecule has 0 spiro atoms. The molecule has 0 radical (unpaired) electrons. The van der Waals surface area contributed by atoms with Crippen LogP contribution in [0.2, 0.25) is 0 Å². The Morgan fingerprint density at radius 3 is 2.52 bits per heavy atom. The Hall–Kier alpha value is -1.79. The van der Waals surface area contributed by atoms with E-state index in [4.69, 9.17) is 14.2 Å². The SMILES string of the molecule is COc1cccc([C@H]2[C@@H](N3CCOCC3)CCN2C(=O)OC(C)(C)C)c1C. The lowest BCUT2D eigenvalue weighted by Gasteiger charge is -2.38. The highest BCUT2D eigenvalue weighted by atomic mass is 16.6. The number of likely N-dealkylation sites (tertiary alicyclic amines) is 1. The van der Waals surface area contributed by atoms with Gasteiger partial charge in [-0.1, -0.05) is 12.1 Å². The molecule has 150 valence electrons. The molecule has 1 amide bonds. The highest BCUT2D eigenvalue weighted by molar-refractivity contribution is 5.70. The van der Waals surface area contributed by atoms with E-state index in [1.165, 1.54) is 0 Å². The minimum atomic E-state index is -0.512. The molecule has 0 aromatic heterocycles. The molecule has 0 N–H and O–H groups in total. The Balaban J connectivity index is 1.95. The van der Waals surface area contributed by atoms with Gasteiger partial charge in [0, 0.05) is 25.7 Å². The Bertz CT molecular complexity index is 665. The molecule has 0 aliphatic carbocycles. The zero-order valence-corrected chi connectivity index (χ0v) is 17.2. The van der Waals surface area contributed by atoms with Crippen LogP contribution in [0.4, 0.5) is 4.79 Å². The fourth-order valence-electron chi connectivity index (χ4n) is 4.14. The van der Waals surface area contributed by atoms with Crippen LogP contribution in [-0.4, -0.2) is 67.5 Å². The van der Waals surface area contributed by atoms with Gasteiger partial charge in [0.25, 0.3) is 0 Å². The van der Waals surface area contributed by atoms with Crippen LogP contribution in [0.5, 0.6) is 5.75 Å². The first-order valence-corrected chi connectivity index (χ1v) is 9.77. The molecule has 0 saturated carbocycles. The fraction of sp³-hybridized carbons (Fsp3) is 0.667. The summed E-state index contributed by atoms with van der Waals surface area (Å²) in [5.74, 6) is 0.851. The quantitative estimate of drug-likeness (QED) is 0.809. The molecule has 1 aromatic rings. The van der Waals surface area contributed by atoms with Gasteiger partial charge in [-0.2, -0.15) is 0 Å². The molecule has 1 aromatic carbocycles. The predicted octanol–water partition coefficient (Wildman–Crippen LogP) is 3.39. The molecule has 2 atom stereocenters. The lowest BCUT2D eigenvalue weighted by Crippen LogP contribution is -2.47. The normalized spacial score (nSPS) is 24.1. The van der Waals surface area contributed by atoms with E-state index in [9.17, 15) is 4.79 Å². The van der Waals surface area contributed by atoms with E-state index in [1.54, 1.807) is 7.11 Å². The maximum Gasteiger partial charge on any atom is 0.410 e. The molecule has 6 nitrogen and oxygen atoms in total. The molecule has 27 heavy (non-hydrogen) atoms. The number of hydrogen-bond donors (Lipinski definition) is 0. The minimum absolute atomic E-state index is 0.0481. The summed E-state index contributed by atoms with van der Waals surface area (Å²) in [7, 11) is 1.69. The van der Waals surface area contributed by atoms with Crippen molar-refractivity contribution in [2.45, 2.75) is 51.8 Å². The highest BCUT2D eigenvalue weighted by Crippen LogP contribution is 2.40. The van der Waals surface area contributed by atoms with Gasteiger partial charge in [0.05, 0.1) is 26.4 Å². The minimum Gasteiger partial charge on any atom is -0.496 e. The summed E-state index contributed by atoms with van der Waals surface area (Å²) in [4.78, 5) is 17.3. The number of hydrogen-bond acceptors (Lipinski definition) is 5. The summed E-state index contributed by atoms with van der Waals surface area (Å²) in [6, 6.07) is 6.29. The Kier molecular flexibility index (Phi) is 5.96. The number of methoxy groups -OCH3 is 1. The zero-order valence-electron chi connectivity index (χ0n) is 17.2. The van der Waals surface area contributed by atoms with Crippen molar-refractivity contribution in [3.8, 4) is 5.75 Å².